The molecule has 98 valence electrons. The van der Waals surface area contributed by atoms with E-state index in [0.29, 0.717) is 18.0 Å². The van der Waals surface area contributed by atoms with Crippen LogP contribution in [-0.4, -0.2) is 6.61 Å². The second-order valence-corrected chi connectivity index (χ2v) is 4.65. The standard InChI is InChI=1S/C15H15FN2O/c16-10-7-11(17)9-12(8-10)18-14-5-6-19-15-4-2-1-3-13(14)15/h1-4,7-9,14,18H,5-6,17H2. The Morgan fingerprint density at radius 3 is 2.89 bits per heavy atom. The Hall–Kier alpha value is -2.23. The molecule has 1 aliphatic rings. The number of para-hydroxylation sites is 1. The predicted molar refractivity (Wildman–Crippen MR) is 73.7 cm³/mol. The minimum absolute atomic E-state index is 0.117. The number of rotatable bonds is 2. The third-order valence-electron chi connectivity index (χ3n) is 3.22. The summed E-state index contributed by atoms with van der Waals surface area (Å²) < 4.78 is 18.9. The summed E-state index contributed by atoms with van der Waals surface area (Å²) in [5, 5.41) is 3.32. The number of fused-ring (bicyclic) bond motifs is 1. The van der Waals surface area contributed by atoms with Crippen molar-refractivity contribution in [1.29, 1.82) is 0 Å². The van der Waals surface area contributed by atoms with Crippen molar-refractivity contribution in [2.45, 2.75) is 12.5 Å². The smallest absolute Gasteiger partial charge is 0.127 e. The molecule has 1 aliphatic heterocycles. The molecule has 0 fully saturated rings. The molecular formula is C15H15FN2O. The fourth-order valence-electron chi connectivity index (χ4n) is 2.39. The summed E-state index contributed by atoms with van der Waals surface area (Å²) in [7, 11) is 0. The van der Waals surface area contributed by atoms with Gasteiger partial charge in [-0.2, -0.15) is 0 Å². The van der Waals surface area contributed by atoms with Crippen LogP contribution >= 0.6 is 0 Å². The number of nitrogens with two attached hydrogens (primary N) is 1. The molecular weight excluding hydrogens is 243 g/mol. The number of nitrogens with one attached hydrogen (secondary N) is 1. The van der Waals surface area contributed by atoms with Crippen LogP contribution in [0.4, 0.5) is 15.8 Å². The van der Waals surface area contributed by atoms with E-state index in [0.717, 1.165) is 17.7 Å². The molecule has 1 unspecified atom stereocenters. The van der Waals surface area contributed by atoms with E-state index in [9.17, 15) is 4.39 Å². The molecule has 0 spiro atoms. The van der Waals surface area contributed by atoms with E-state index in [1.165, 1.54) is 12.1 Å². The second-order valence-electron chi connectivity index (χ2n) is 4.65. The first-order chi connectivity index (χ1) is 9.22. The van der Waals surface area contributed by atoms with Crippen LogP contribution in [0.15, 0.2) is 42.5 Å². The average molecular weight is 258 g/mol. The summed E-state index contributed by atoms with van der Waals surface area (Å²) in [6, 6.07) is 12.5. The lowest BCUT2D eigenvalue weighted by Crippen LogP contribution is -2.20. The van der Waals surface area contributed by atoms with Gasteiger partial charge in [0.25, 0.3) is 0 Å². The van der Waals surface area contributed by atoms with Crippen LogP contribution in [0.2, 0.25) is 0 Å². The fraction of sp³-hybridized carbons (Fsp3) is 0.200. The zero-order valence-electron chi connectivity index (χ0n) is 10.4. The molecule has 0 saturated heterocycles. The quantitative estimate of drug-likeness (QED) is 0.812. The van der Waals surface area contributed by atoms with Gasteiger partial charge in [-0.3, -0.25) is 0 Å². The van der Waals surface area contributed by atoms with Gasteiger partial charge < -0.3 is 15.8 Å². The molecule has 3 nitrogen and oxygen atoms in total. The topological polar surface area (TPSA) is 47.3 Å². The Morgan fingerprint density at radius 2 is 2.05 bits per heavy atom. The zero-order valence-corrected chi connectivity index (χ0v) is 10.4. The SMILES string of the molecule is Nc1cc(F)cc(NC2CCOc3ccccc32)c1. The molecule has 0 aromatic heterocycles. The van der Waals surface area contributed by atoms with Crippen molar-refractivity contribution in [3.05, 3.63) is 53.8 Å². The van der Waals surface area contributed by atoms with Crippen molar-refractivity contribution in [2.24, 2.45) is 0 Å². The summed E-state index contributed by atoms with van der Waals surface area (Å²) in [6.07, 6.45) is 0.841. The molecule has 3 N–H and O–H groups in total. The molecule has 1 heterocycles. The van der Waals surface area contributed by atoms with Crippen molar-refractivity contribution in [3.8, 4) is 5.75 Å². The first-order valence-corrected chi connectivity index (χ1v) is 6.27. The van der Waals surface area contributed by atoms with E-state index in [4.69, 9.17) is 10.5 Å². The summed E-state index contributed by atoms with van der Waals surface area (Å²) in [5.41, 5.74) is 7.86. The molecule has 0 radical (unpaired) electrons. The number of hydrogen-bond acceptors (Lipinski definition) is 3. The van der Waals surface area contributed by atoms with E-state index in [1.54, 1.807) is 6.07 Å². The molecule has 19 heavy (non-hydrogen) atoms. The van der Waals surface area contributed by atoms with Gasteiger partial charge in [0, 0.05) is 23.4 Å². The lowest BCUT2D eigenvalue weighted by Gasteiger charge is -2.27. The van der Waals surface area contributed by atoms with Gasteiger partial charge in [-0.25, -0.2) is 4.39 Å². The van der Waals surface area contributed by atoms with Crippen molar-refractivity contribution < 1.29 is 9.13 Å². The minimum Gasteiger partial charge on any atom is -0.493 e. The molecule has 2 aromatic rings. The van der Waals surface area contributed by atoms with E-state index in [2.05, 4.69) is 5.32 Å². The maximum atomic E-state index is 13.3. The van der Waals surface area contributed by atoms with Crippen LogP contribution in [0.25, 0.3) is 0 Å². The Morgan fingerprint density at radius 1 is 1.21 bits per heavy atom. The monoisotopic (exact) mass is 258 g/mol. The van der Waals surface area contributed by atoms with E-state index in [1.807, 2.05) is 24.3 Å². The Balaban J connectivity index is 1.88. The molecule has 0 aliphatic carbocycles. The molecule has 4 heteroatoms. The van der Waals surface area contributed by atoms with Gasteiger partial charge in [0.15, 0.2) is 0 Å². The van der Waals surface area contributed by atoms with Crippen molar-refractivity contribution in [2.75, 3.05) is 17.7 Å². The van der Waals surface area contributed by atoms with Gasteiger partial charge >= 0.3 is 0 Å². The Bertz CT molecular complexity index is 580. The van der Waals surface area contributed by atoms with Gasteiger partial charge in [-0.05, 0) is 24.3 Å². The number of ether oxygens (including phenoxy) is 1. The summed E-state index contributed by atoms with van der Waals surface area (Å²) in [6.45, 7) is 0.652. The summed E-state index contributed by atoms with van der Waals surface area (Å²) >= 11 is 0. The normalized spacial score (nSPS) is 17.4. The fourth-order valence-corrected chi connectivity index (χ4v) is 2.39. The summed E-state index contributed by atoms with van der Waals surface area (Å²) in [4.78, 5) is 0. The lowest BCUT2D eigenvalue weighted by molar-refractivity contribution is 0.274. The molecule has 0 amide bonds. The third-order valence-corrected chi connectivity index (χ3v) is 3.22. The highest BCUT2D eigenvalue weighted by atomic mass is 19.1. The van der Waals surface area contributed by atoms with Crippen molar-refractivity contribution in [3.63, 3.8) is 0 Å². The van der Waals surface area contributed by atoms with E-state index < -0.39 is 0 Å². The minimum atomic E-state index is -0.331. The van der Waals surface area contributed by atoms with Gasteiger partial charge in [-0.1, -0.05) is 18.2 Å². The number of nitrogen functional groups attached to an aromatic ring is 1. The Kier molecular flexibility index (Phi) is 2.99. The highest BCUT2D eigenvalue weighted by Crippen LogP contribution is 2.34. The number of benzene rings is 2. The van der Waals surface area contributed by atoms with Crippen LogP contribution < -0.4 is 15.8 Å². The van der Waals surface area contributed by atoms with Crippen LogP contribution in [0.1, 0.15) is 18.0 Å². The predicted octanol–water partition coefficient (Wildman–Crippen LogP) is 3.34. The summed E-state index contributed by atoms with van der Waals surface area (Å²) in [5.74, 6) is 0.554. The van der Waals surface area contributed by atoms with Crippen molar-refractivity contribution >= 4 is 11.4 Å². The third kappa shape index (κ3) is 2.47. The van der Waals surface area contributed by atoms with E-state index in [-0.39, 0.29) is 11.9 Å². The number of halogens is 1. The van der Waals surface area contributed by atoms with Crippen LogP contribution in [0, 0.1) is 5.82 Å². The number of hydrogen-bond donors (Lipinski definition) is 2. The second kappa shape index (κ2) is 4.80. The lowest BCUT2D eigenvalue weighted by atomic mass is 10.0. The molecule has 3 rings (SSSR count). The largest absolute Gasteiger partial charge is 0.493 e. The highest BCUT2D eigenvalue weighted by molar-refractivity contribution is 5.56. The maximum absolute atomic E-state index is 13.3. The van der Waals surface area contributed by atoms with Gasteiger partial charge in [0.1, 0.15) is 11.6 Å². The van der Waals surface area contributed by atoms with Crippen LogP contribution in [0.5, 0.6) is 5.75 Å². The molecule has 2 aromatic carbocycles. The maximum Gasteiger partial charge on any atom is 0.127 e. The van der Waals surface area contributed by atoms with Gasteiger partial charge in [0.05, 0.1) is 12.6 Å². The molecule has 0 saturated carbocycles. The first kappa shape index (κ1) is 11.8. The van der Waals surface area contributed by atoms with Gasteiger partial charge in [-0.15, -0.1) is 0 Å². The molecule has 0 bridgehead atoms. The van der Waals surface area contributed by atoms with Crippen LogP contribution in [0.3, 0.4) is 0 Å². The zero-order chi connectivity index (χ0) is 13.2. The average Bonchev–Trinajstić information content (AvgIpc) is 2.38. The Labute approximate surface area is 111 Å². The van der Waals surface area contributed by atoms with Crippen LogP contribution in [-0.2, 0) is 0 Å². The van der Waals surface area contributed by atoms with Gasteiger partial charge in [0.2, 0.25) is 0 Å². The van der Waals surface area contributed by atoms with E-state index >= 15 is 0 Å². The van der Waals surface area contributed by atoms with Crippen molar-refractivity contribution in [1.82, 2.24) is 0 Å². The number of anilines is 2. The molecule has 1 atom stereocenters. The highest BCUT2D eigenvalue weighted by Gasteiger charge is 2.20. The first-order valence-electron chi connectivity index (χ1n) is 6.27.